The Balaban J connectivity index is 1.74. The Kier molecular flexibility index (Phi) is 5.36. The third-order valence-electron chi connectivity index (χ3n) is 3.64. The molecule has 1 aliphatic rings. The van der Waals surface area contributed by atoms with Crippen molar-refractivity contribution in [2.75, 3.05) is 32.7 Å². The Morgan fingerprint density at radius 1 is 1.42 bits per heavy atom. The molecule has 1 fully saturated rings. The second-order valence-electron chi connectivity index (χ2n) is 5.33. The smallest absolute Gasteiger partial charge is 0.222 e. The average molecular weight is 281 g/mol. The summed E-state index contributed by atoms with van der Waals surface area (Å²) in [6.45, 7) is 7.26. The first kappa shape index (κ1) is 14.5. The lowest BCUT2D eigenvalue weighted by Gasteiger charge is -2.35. The molecular weight excluding hydrogens is 258 g/mol. The van der Waals surface area contributed by atoms with Crippen LogP contribution in [0.15, 0.2) is 16.8 Å². The lowest BCUT2D eigenvalue weighted by atomic mass is 10.1. The Hall–Kier alpha value is -0.910. The van der Waals surface area contributed by atoms with Crippen molar-refractivity contribution < 1.29 is 4.79 Å². The van der Waals surface area contributed by atoms with Gasteiger partial charge in [-0.2, -0.15) is 11.3 Å². The minimum Gasteiger partial charge on any atom is -0.340 e. The Labute approximate surface area is 119 Å². The second-order valence-corrected chi connectivity index (χ2v) is 6.11. The van der Waals surface area contributed by atoms with Gasteiger partial charge in [-0.3, -0.25) is 9.69 Å². The Bertz CT molecular complexity index is 385. The van der Waals surface area contributed by atoms with Gasteiger partial charge in [-0.05, 0) is 34.9 Å². The summed E-state index contributed by atoms with van der Waals surface area (Å²) in [5, 5.41) is 4.31. The van der Waals surface area contributed by atoms with E-state index in [0.717, 1.165) is 32.7 Å². The zero-order chi connectivity index (χ0) is 13.7. The standard InChI is InChI=1S/C14H23N3OS/c1-12(9-15)8-14(18)17-5-3-16(4-6-17)10-13-2-7-19-11-13/h2,7,11-12H,3-6,8-10,15H2,1H3. The van der Waals surface area contributed by atoms with Crippen molar-refractivity contribution in [3.8, 4) is 0 Å². The predicted molar refractivity (Wildman–Crippen MR) is 79.0 cm³/mol. The molecule has 0 spiro atoms. The van der Waals surface area contributed by atoms with Gasteiger partial charge < -0.3 is 10.6 Å². The van der Waals surface area contributed by atoms with Gasteiger partial charge in [-0.25, -0.2) is 0 Å². The third kappa shape index (κ3) is 4.30. The molecule has 0 radical (unpaired) electrons. The van der Waals surface area contributed by atoms with E-state index in [9.17, 15) is 4.79 Å². The summed E-state index contributed by atoms with van der Waals surface area (Å²) in [7, 11) is 0. The topological polar surface area (TPSA) is 49.6 Å². The molecule has 1 amide bonds. The van der Waals surface area contributed by atoms with Crippen LogP contribution in [-0.2, 0) is 11.3 Å². The van der Waals surface area contributed by atoms with E-state index in [1.165, 1.54) is 5.56 Å². The molecule has 106 valence electrons. The molecule has 19 heavy (non-hydrogen) atoms. The van der Waals surface area contributed by atoms with Gasteiger partial charge in [0, 0.05) is 39.1 Å². The highest BCUT2D eigenvalue weighted by Gasteiger charge is 2.21. The summed E-state index contributed by atoms with van der Waals surface area (Å²) in [5.41, 5.74) is 6.95. The molecule has 1 aliphatic heterocycles. The van der Waals surface area contributed by atoms with E-state index in [4.69, 9.17) is 5.73 Å². The zero-order valence-corrected chi connectivity index (χ0v) is 12.4. The third-order valence-corrected chi connectivity index (χ3v) is 4.37. The number of hydrogen-bond acceptors (Lipinski definition) is 4. The van der Waals surface area contributed by atoms with Crippen molar-refractivity contribution in [2.45, 2.75) is 19.9 Å². The second kappa shape index (κ2) is 7.03. The van der Waals surface area contributed by atoms with Gasteiger partial charge in [0.15, 0.2) is 0 Å². The largest absolute Gasteiger partial charge is 0.340 e. The first-order valence-electron chi connectivity index (χ1n) is 6.90. The first-order valence-corrected chi connectivity index (χ1v) is 7.84. The van der Waals surface area contributed by atoms with Crippen molar-refractivity contribution in [3.63, 3.8) is 0 Å². The molecular formula is C14H23N3OS. The summed E-state index contributed by atoms with van der Waals surface area (Å²) in [6, 6.07) is 2.17. The SMILES string of the molecule is CC(CN)CC(=O)N1CCN(Cc2ccsc2)CC1. The number of carbonyl (C=O) groups is 1. The van der Waals surface area contributed by atoms with Crippen LogP contribution in [0.5, 0.6) is 0 Å². The summed E-state index contributed by atoms with van der Waals surface area (Å²) < 4.78 is 0. The summed E-state index contributed by atoms with van der Waals surface area (Å²) >= 11 is 1.74. The fraction of sp³-hybridized carbons (Fsp3) is 0.643. The number of hydrogen-bond donors (Lipinski definition) is 1. The molecule has 2 rings (SSSR count). The highest BCUT2D eigenvalue weighted by molar-refractivity contribution is 7.07. The van der Waals surface area contributed by atoms with Crippen molar-refractivity contribution in [1.29, 1.82) is 0 Å². The van der Waals surface area contributed by atoms with E-state index in [-0.39, 0.29) is 11.8 Å². The van der Waals surface area contributed by atoms with Gasteiger partial charge in [0.2, 0.25) is 5.91 Å². The average Bonchev–Trinajstić information content (AvgIpc) is 2.92. The monoisotopic (exact) mass is 281 g/mol. The van der Waals surface area contributed by atoms with E-state index < -0.39 is 0 Å². The zero-order valence-electron chi connectivity index (χ0n) is 11.5. The molecule has 1 saturated heterocycles. The molecule has 1 unspecified atom stereocenters. The van der Waals surface area contributed by atoms with Crippen LogP contribution >= 0.6 is 11.3 Å². The fourth-order valence-electron chi connectivity index (χ4n) is 2.31. The van der Waals surface area contributed by atoms with Crippen LogP contribution in [0.3, 0.4) is 0 Å². The summed E-state index contributed by atoms with van der Waals surface area (Å²) in [5.74, 6) is 0.546. The van der Waals surface area contributed by atoms with Gasteiger partial charge in [0.25, 0.3) is 0 Å². The predicted octanol–water partition coefficient (Wildman–Crippen LogP) is 1.38. The van der Waals surface area contributed by atoms with Crippen LogP contribution in [0.25, 0.3) is 0 Å². The van der Waals surface area contributed by atoms with Crippen LogP contribution in [0.4, 0.5) is 0 Å². The maximum atomic E-state index is 12.0. The molecule has 0 saturated carbocycles. The number of rotatable bonds is 5. The Morgan fingerprint density at radius 2 is 2.16 bits per heavy atom. The lowest BCUT2D eigenvalue weighted by Crippen LogP contribution is -2.48. The van der Waals surface area contributed by atoms with Crippen LogP contribution in [0, 0.1) is 5.92 Å². The molecule has 0 aliphatic carbocycles. The molecule has 0 aromatic carbocycles. The molecule has 4 nitrogen and oxygen atoms in total. The highest BCUT2D eigenvalue weighted by atomic mass is 32.1. The Morgan fingerprint density at radius 3 is 2.74 bits per heavy atom. The lowest BCUT2D eigenvalue weighted by molar-refractivity contribution is -0.133. The number of nitrogens with two attached hydrogens (primary N) is 1. The maximum absolute atomic E-state index is 12.0. The van der Waals surface area contributed by atoms with Crippen LogP contribution in [-0.4, -0.2) is 48.4 Å². The molecule has 2 N–H and O–H groups in total. The molecule has 2 heterocycles. The summed E-state index contributed by atoms with van der Waals surface area (Å²) in [4.78, 5) is 16.4. The van der Waals surface area contributed by atoms with Crippen molar-refractivity contribution in [1.82, 2.24) is 9.80 Å². The summed E-state index contributed by atoms with van der Waals surface area (Å²) in [6.07, 6.45) is 0.584. The normalized spacial score (nSPS) is 18.5. The molecule has 0 bridgehead atoms. The number of carbonyl (C=O) groups excluding carboxylic acids is 1. The van der Waals surface area contributed by atoms with Gasteiger partial charge in [0.05, 0.1) is 0 Å². The number of nitrogens with zero attached hydrogens (tertiary/aromatic N) is 2. The van der Waals surface area contributed by atoms with Gasteiger partial charge in [-0.15, -0.1) is 0 Å². The number of piperazine rings is 1. The number of thiophene rings is 1. The van der Waals surface area contributed by atoms with Gasteiger partial charge in [0.1, 0.15) is 0 Å². The van der Waals surface area contributed by atoms with Crippen LogP contribution in [0.2, 0.25) is 0 Å². The molecule has 5 heteroatoms. The van der Waals surface area contributed by atoms with Crippen molar-refractivity contribution >= 4 is 17.2 Å². The fourth-order valence-corrected chi connectivity index (χ4v) is 2.97. The molecule has 1 aromatic heterocycles. The first-order chi connectivity index (χ1) is 9.19. The van der Waals surface area contributed by atoms with Gasteiger partial charge in [-0.1, -0.05) is 6.92 Å². The molecule has 1 atom stereocenters. The van der Waals surface area contributed by atoms with E-state index in [0.29, 0.717) is 13.0 Å². The molecule has 1 aromatic rings. The highest BCUT2D eigenvalue weighted by Crippen LogP contribution is 2.13. The van der Waals surface area contributed by atoms with E-state index in [1.807, 2.05) is 11.8 Å². The maximum Gasteiger partial charge on any atom is 0.222 e. The van der Waals surface area contributed by atoms with Gasteiger partial charge >= 0.3 is 0 Å². The van der Waals surface area contributed by atoms with Crippen molar-refractivity contribution in [2.24, 2.45) is 11.7 Å². The van der Waals surface area contributed by atoms with Crippen LogP contribution in [0.1, 0.15) is 18.9 Å². The van der Waals surface area contributed by atoms with Crippen LogP contribution < -0.4 is 5.73 Å². The minimum atomic E-state index is 0.258. The van der Waals surface area contributed by atoms with E-state index in [1.54, 1.807) is 11.3 Å². The van der Waals surface area contributed by atoms with E-state index >= 15 is 0 Å². The van der Waals surface area contributed by atoms with E-state index in [2.05, 4.69) is 21.7 Å². The number of amides is 1. The minimum absolute atomic E-state index is 0.258. The van der Waals surface area contributed by atoms with Crippen molar-refractivity contribution in [3.05, 3.63) is 22.4 Å². The quantitative estimate of drug-likeness (QED) is 0.887.